The monoisotopic (exact) mass is 357 g/mol. The van der Waals surface area contributed by atoms with Gasteiger partial charge in [0.1, 0.15) is 10.8 Å². The first-order valence-electron chi connectivity index (χ1n) is 7.32. The second kappa shape index (κ2) is 7.65. The van der Waals surface area contributed by atoms with E-state index in [0.29, 0.717) is 34.4 Å². The third-order valence-corrected chi connectivity index (χ3v) is 3.96. The van der Waals surface area contributed by atoms with Crippen LogP contribution in [0.3, 0.4) is 0 Å². The van der Waals surface area contributed by atoms with Gasteiger partial charge in [0, 0.05) is 17.4 Å². The Balaban J connectivity index is 1.98. The Bertz CT molecular complexity index is 693. The number of hydrogen-bond donors (Lipinski definition) is 1. The van der Waals surface area contributed by atoms with E-state index < -0.39 is 11.7 Å². The lowest BCUT2D eigenvalue weighted by molar-refractivity contribution is -0.137. The van der Waals surface area contributed by atoms with E-state index in [1.54, 1.807) is 5.38 Å². The average Bonchev–Trinajstić information content (AvgIpc) is 2.94. The highest BCUT2D eigenvalue weighted by Crippen LogP contribution is 2.31. The normalized spacial score (nSPS) is 12.7. The molecule has 24 heavy (non-hydrogen) atoms. The van der Waals surface area contributed by atoms with Gasteiger partial charge in [-0.05, 0) is 18.1 Å². The van der Waals surface area contributed by atoms with Crippen molar-refractivity contribution >= 4 is 17.2 Å². The van der Waals surface area contributed by atoms with Crippen LogP contribution in [0.4, 0.5) is 13.2 Å². The van der Waals surface area contributed by atoms with Crippen molar-refractivity contribution in [3.05, 3.63) is 40.9 Å². The van der Waals surface area contributed by atoms with Crippen LogP contribution < -0.4 is 5.73 Å². The van der Waals surface area contributed by atoms with Crippen molar-refractivity contribution < 1.29 is 18.0 Å². The van der Waals surface area contributed by atoms with E-state index in [2.05, 4.69) is 10.1 Å². The molecule has 2 rings (SSSR count). The van der Waals surface area contributed by atoms with Crippen LogP contribution in [0.2, 0.25) is 0 Å². The van der Waals surface area contributed by atoms with Gasteiger partial charge in [-0.25, -0.2) is 4.98 Å². The molecule has 130 valence electrons. The van der Waals surface area contributed by atoms with Crippen molar-refractivity contribution in [2.45, 2.75) is 33.1 Å². The van der Waals surface area contributed by atoms with E-state index in [1.807, 2.05) is 13.8 Å². The highest BCUT2D eigenvalue weighted by molar-refractivity contribution is 7.13. The first-order valence-corrected chi connectivity index (χ1v) is 8.20. The summed E-state index contributed by atoms with van der Waals surface area (Å²) in [4.78, 5) is 9.49. The molecule has 1 aromatic carbocycles. The van der Waals surface area contributed by atoms with Crippen LogP contribution in [0, 0.1) is 5.92 Å². The van der Waals surface area contributed by atoms with Gasteiger partial charge >= 0.3 is 6.18 Å². The molecule has 0 radical (unpaired) electrons. The standard InChI is InChI=1S/C16H18F3N3OS/c1-10(2)7-14(20)22-23-8-13-9-24-15(21-13)11-3-5-12(6-4-11)16(17,18)19/h3-6,9-10H,7-8H2,1-2H3,(H2,20,22). The maximum Gasteiger partial charge on any atom is 0.416 e. The molecule has 2 N–H and O–H groups in total. The summed E-state index contributed by atoms with van der Waals surface area (Å²) in [6, 6.07) is 4.91. The highest BCUT2D eigenvalue weighted by Gasteiger charge is 2.30. The number of oxime groups is 1. The van der Waals surface area contributed by atoms with Crippen LogP contribution in [0.25, 0.3) is 10.6 Å². The first-order chi connectivity index (χ1) is 11.3. The van der Waals surface area contributed by atoms with Gasteiger partial charge in [-0.3, -0.25) is 0 Å². The van der Waals surface area contributed by atoms with Crippen molar-refractivity contribution in [3.63, 3.8) is 0 Å². The molecule has 0 aliphatic carbocycles. The molecule has 0 bridgehead atoms. The third kappa shape index (κ3) is 5.23. The van der Waals surface area contributed by atoms with Crippen LogP contribution in [0.5, 0.6) is 0 Å². The molecular weight excluding hydrogens is 339 g/mol. The van der Waals surface area contributed by atoms with Gasteiger partial charge in [-0.2, -0.15) is 13.2 Å². The molecule has 0 aliphatic rings. The second-order valence-corrected chi connectivity index (χ2v) is 6.53. The molecule has 1 heterocycles. The minimum atomic E-state index is -4.34. The zero-order valence-electron chi connectivity index (χ0n) is 13.3. The number of nitrogens with two attached hydrogens (primary N) is 1. The van der Waals surface area contributed by atoms with Crippen LogP contribution in [-0.4, -0.2) is 10.8 Å². The molecule has 0 atom stereocenters. The number of thiazole rings is 1. The summed E-state index contributed by atoms with van der Waals surface area (Å²) in [6.07, 6.45) is -3.69. The fourth-order valence-corrected chi connectivity index (χ4v) is 2.76. The number of amidine groups is 1. The second-order valence-electron chi connectivity index (χ2n) is 5.67. The van der Waals surface area contributed by atoms with E-state index in [0.717, 1.165) is 12.1 Å². The van der Waals surface area contributed by atoms with E-state index in [4.69, 9.17) is 10.6 Å². The first kappa shape index (κ1) is 18.3. The van der Waals surface area contributed by atoms with Gasteiger partial charge in [0.2, 0.25) is 0 Å². The van der Waals surface area contributed by atoms with Crippen molar-refractivity contribution in [1.82, 2.24) is 4.98 Å². The van der Waals surface area contributed by atoms with Gasteiger partial charge in [0.25, 0.3) is 0 Å². The quantitative estimate of drug-likeness (QED) is 0.464. The average molecular weight is 357 g/mol. The molecule has 4 nitrogen and oxygen atoms in total. The fourth-order valence-electron chi connectivity index (χ4n) is 1.94. The zero-order chi connectivity index (χ0) is 17.7. The predicted octanol–water partition coefficient (Wildman–Crippen LogP) is 4.66. The molecule has 0 saturated heterocycles. The zero-order valence-corrected chi connectivity index (χ0v) is 14.1. The van der Waals surface area contributed by atoms with Crippen LogP contribution in [-0.2, 0) is 17.6 Å². The largest absolute Gasteiger partial charge is 0.416 e. The Morgan fingerprint density at radius 3 is 2.54 bits per heavy atom. The minimum Gasteiger partial charge on any atom is -0.388 e. The molecular formula is C16H18F3N3OS. The SMILES string of the molecule is CC(C)C/C(N)=N/OCc1csc(-c2ccc(C(F)(F)F)cc2)n1. The van der Waals surface area contributed by atoms with Gasteiger partial charge in [0.05, 0.1) is 11.3 Å². The van der Waals surface area contributed by atoms with E-state index in [1.165, 1.54) is 23.5 Å². The van der Waals surface area contributed by atoms with Crippen LogP contribution in [0.1, 0.15) is 31.5 Å². The van der Waals surface area contributed by atoms with Gasteiger partial charge in [0.15, 0.2) is 6.61 Å². The van der Waals surface area contributed by atoms with E-state index >= 15 is 0 Å². The predicted molar refractivity (Wildman–Crippen MR) is 88.4 cm³/mol. The van der Waals surface area contributed by atoms with Crippen LogP contribution >= 0.6 is 11.3 Å². The van der Waals surface area contributed by atoms with Gasteiger partial charge in [-0.15, -0.1) is 11.3 Å². The Labute approximate surface area is 142 Å². The van der Waals surface area contributed by atoms with Crippen molar-refractivity contribution in [3.8, 4) is 10.6 Å². The molecule has 0 spiro atoms. The molecule has 0 aliphatic heterocycles. The minimum absolute atomic E-state index is 0.163. The smallest absolute Gasteiger partial charge is 0.388 e. The maximum absolute atomic E-state index is 12.6. The highest BCUT2D eigenvalue weighted by atomic mass is 32.1. The van der Waals surface area contributed by atoms with Gasteiger partial charge < -0.3 is 10.6 Å². The Hall–Kier alpha value is -2.09. The van der Waals surface area contributed by atoms with Gasteiger partial charge in [-0.1, -0.05) is 31.1 Å². The summed E-state index contributed by atoms with van der Waals surface area (Å²) < 4.78 is 37.7. The Morgan fingerprint density at radius 2 is 1.96 bits per heavy atom. The number of hydrogen-bond acceptors (Lipinski definition) is 4. The summed E-state index contributed by atoms with van der Waals surface area (Å²) in [5.41, 5.74) is 6.30. The molecule has 0 fully saturated rings. The molecule has 0 saturated carbocycles. The molecule has 0 unspecified atom stereocenters. The van der Waals surface area contributed by atoms with Crippen molar-refractivity contribution in [2.75, 3.05) is 0 Å². The molecule has 2 aromatic rings. The lowest BCUT2D eigenvalue weighted by Gasteiger charge is -2.06. The number of alkyl halides is 3. The topological polar surface area (TPSA) is 60.5 Å². The lowest BCUT2D eigenvalue weighted by atomic mass is 10.1. The summed E-state index contributed by atoms with van der Waals surface area (Å²) in [5, 5.41) is 6.22. The Morgan fingerprint density at radius 1 is 1.29 bits per heavy atom. The van der Waals surface area contributed by atoms with E-state index in [9.17, 15) is 13.2 Å². The third-order valence-electron chi connectivity index (χ3n) is 3.02. The summed E-state index contributed by atoms with van der Waals surface area (Å²) >= 11 is 1.33. The van der Waals surface area contributed by atoms with Crippen molar-refractivity contribution in [1.29, 1.82) is 0 Å². The summed E-state index contributed by atoms with van der Waals surface area (Å²) in [5.74, 6) is 0.811. The molecule has 0 amide bonds. The molecule has 1 aromatic heterocycles. The van der Waals surface area contributed by atoms with Crippen LogP contribution in [0.15, 0.2) is 34.8 Å². The number of benzene rings is 1. The number of rotatable bonds is 6. The number of aromatic nitrogens is 1. The summed E-state index contributed by atoms with van der Waals surface area (Å²) in [6.45, 7) is 4.22. The molecule has 8 heteroatoms. The number of halogens is 3. The fraction of sp³-hybridized carbons (Fsp3) is 0.375. The Kier molecular flexibility index (Phi) is 5.82. The summed E-state index contributed by atoms with van der Waals surface area (Å²) in [7, 11) is 0. The maximum atomic E-state index is 12.6. The lowest BCUT2D eigenvalue weighted by Crippen LogP contribution is -2.14. The van der Waals surface area contributed by atoms with Crippen molar-refractivity contribution in [2.24, 2.45) is 16.8 Å². The van der Waals surface area contributed by atoms with E-state index in [-0.39, 0.29) is 6.61 Å². The number of nitrogens with zero attached hydrogens (tertiary/aromatic N) is 2.